The normalized spacial score (nSPS) is 20.3. The fourth-order valence-electron chi connectivity index (χ4n) is 2.09. The molecule has 1 nitrogen and oxygen atoms in total. The summed E-state index contributed by atoms with van der Waals surface area (Å²) in [5, 5.41) is 10.4. The van der Waals surface area contributed by atoms with Gasteiger partial charge in [-0.3, -0.25) is 0 Å². The molecule has 1 aromatic rings. The van der Waals surface area contributed by atoms with E-state index in [0.717, 1.165) is 5.56 Å². The zero-order valence-corrected chi connectivity index (χ0v) is 9.83. The lowest BCUT2D eigenvalue weighted by Crippen LogP contribution is -2.23. The van der Waals surface area contributed by atoms with Gasteiger partial charge in [0.1, 0.15) is 0 Å². The second kappa shape index (κ2) is 3.64. The van der Waals surface area contributed by atoms with E-state index in [0.29, 0.717) is 11.8 Å². The van der Waals surface area contributed by atoms with Crippen LogP contribution in [0.4, 0.5) is 0 Å². The van der Waals surface area contributed by atoms with Crippen molar-refractivity contribution in [1.29, 1.82) is 0 Å². The van der Waals surface area contributed by atoms with Crippen molar-refractivity contribution in [3.63, 3.8) is 0 Å². The Morgan fingerprint density at radius 3 is 2.13 bits per heavy atom. The van der Waals surface area contributed by atoms with Crippen molar-refractivity contribution in [3.8, 4) is 0 Å². The first-order valence-corrected chi connectivity index (χ1v) is 5.84. The molecule has 15 heavy (non-hydrogen) atoms. The zero-order chi connectivity index (χ0) is 11.1. The minimum Gasteiger partial charge on any atom is -0.385 e. The van der Waals surface area contributed by atoms with E-state index in [1.165, 1.54) is 18.4 Å². The van der Waals surface area contributed by atoms with Crippen molar-refractivity contribution in [1.82, 2.24) is 0 Å². The maximum absolute atomic E-state index is 10.4. The molecule has 2 rings (SSSR count). The fourth-order valence-corrected chi connectivity index (χ4v) is 2.09. The topological polar surface area (TPSA) is 20.2 Å². The van der Waals surface area contributed by atoms with Gasteiger partial charge < -0.3 is 5.11 Å². The molecule has 1 saturated carbocycles. The number of aliphatic hydroxyl groups is 1. The third-order valence-corrected chi connectivity index (χ3v) is 3.53. The van der Waals surface area contributed by atoms with Gasteiger partial charge in [-0.2, -0.15) is 0 Å². The Bertz CT molecular complexity index is 331. The summed E-state index contributed by atoms with van der Waals surface area (Å²) in [4.78, 5) is 0. The van der Waals surface area contributed by atoms with Crippen LogP contribution < -0.4 is 0 Å². The summed E-state index contributed by atoms with van der Waals surface area (Å²) < 4.78 is 0. The Balaban J connectivity index is 2.22. The van der Waals surface area contributed by atoms with Crippen LogP contribution >= 0.6 is 0 Å². The van der Waals surface area contributed by atoms with Crippen LogP contribution in [0.3, 0.4) is 0 Å². The maximum atomic E-state index is 10.4. The van der Waals surface area contributed by atoms with Gasteiger partial charge in [0.25, 0.3) is 0 Å². The summed E-state index contributed by atoms with van der Waals surface area (Å²) in [7, 11) is 0. The summed E-state index contributed by atoms with van der Waals surface area (Å²) >= 11 is 0. The molecule has 0 radical (unpaired) electrons. The molecule has 0 heterocycles. The minimum atomic E-state index is -0.616. The summed E-state index contributed by atoms with van der Waals surface area (Å²) in [5.41, 5.74) is 1.79. The van der Waals surface area contributed by atoms with Crippen molar-refractivity contribution in [2.75, 3.05) is 0 Å². The van der Waals surface area contributed by atoms with E-state index in [9.17, 15) is 5.11 Å². The lowest BCUT2D eigenvalue weighted by molar-refractivity contribution is 0.0330. The third-order valence-electron chi connectivity index (χ3n) is 3.53. The summed E-state index contributed by atoms with van der Waals surface area (Å²) in [6, 6.07) is 8.43. The Morgan fingerprint density at radius 2 is 1.73 bits per heavy atom. The highest BCUT2D eigenvalue weighted by atomic mass is 16.3. The van der Waals surface area contributed by atoms with Crippen LogP contribution in [0, 0.1) is 5.92 Å². The van der Waals surface area contributed by atoms with Gasteiger partial charge in [-0.25, -0.2) is 0 Å². The molecular weight excluding hydrogens is 184 g/mol. The molecule has 0 spiro atoms. The van der Waals surface area contributed by atoms with Gasteiger partial charge in [0.05, 0.1) is 5.60 Å². The van der Waals surface area contributed by atoms with Crippen LogP contribution in [0.25, 0.3) is 0 Å². The molecule has 0 bridgehead atoms. The number of rotatable bonds is 3. The number of benzene rings is 1. The Morgan fingerprint density at radius 1 is 1.20 bits per heavy atom. The van der Waals surface area contributed by atoms with Gasteiger partial charge in [0.2, 0.25) is 0 Å². The van der Waals surface area contributed by atoms with Gasteiger partial charge in [-0.15, -0.1) is 0 Å². The van der Waals surface area contributed by atoms with Gasteiger partial charge in [-0.05, 0) is 42.7 Å². The van der Waals surface area contributed by atoms with Crippen LogP contribution in [0.2, 0.25) is 0 Å². The molecule has 1 atom stereocenters. The molecular formula is C14H20O. The highest BCUT2D eigenvalue weighted by molar-refractivity contribution is 5.29. The van der Waals surface area contributed by atoms with Crippen LogP contribution in [0.15, 0.2) is 24.3 Å². The summed E-state index contributed by atoms with van der Waals surface area (Å²) in [6.07, 6.45) is 2.33. The van der Waals surface area contributed by atoms with E-state index >= 15 is 0 Å². The molecule has 82 valence electrons. The van der Waals surface area contributed by atoms with Crippen LogP contribution in [0.1, 0.15) is 50.7 Å². The summed E-state index contributed by atoms with van der Waals surface area (Å²) in [6.45, 7) is 6.32. The lowest BCUT2D eigenvalue weighted by Gasteiger charge is -2.24. The van der Waals surface area contributed by atoms with E-state index in [4.69, 9.17) is 0 Å². The molecule has 1 fully saturated rings. The van der Waals surface area contributed by atoms with Gasteiger partial charge in [-0.1, -0.05) is 38.1 Å². The zero-order valence-electron chi connectivity index (χ0n) is 9.83. The quantitative estimate of drug-likeness (QED) is 0.799. The van der Waals surface area contributed by atoms with Crippen LogP contribution in [-0.2, 0) is 5.60 Å². The highest BCUT2D eigenvalue weighted by Gasteiger charge is 2.40. The largest absolute Gasteiger partial charge is 0.385 e. The van der Waals surface area contributed by atoms with Crippen LogP contribution in [0.5, 0.6) is 0 Å². The van der Waals surface area contributed by atoms with Crippen LogP contribution in [-0.4, -0.2) is 5.11 Å². The molecule has 0 saturated heterocycles. The Kier molecular flexibility index (Phi) is 2.59. The van der Waals surface area contributed by atoms with Crippen molar-refractivity contribution < 1.29 is 5.11 Å². The second-order valence-electron chi connectivity index (χ2n) is 5.20. The average Bonchev–Trinajstić information content (AvgIpc) is 3.01. The molecule has 1 heteroatoms. The van der Waals surface area contributed by atoms with Gasteiger partial charge >= 0.3 is 0 Å². The standard InChI is InChI=1S/C14H20O/c1-10(2)11-4-6-12(7-5-11)14(3,15)13-8-9-13/h4-7,10,13,15H,8-9H2,1-3H3. The fraction of sp³-hybridized carbons (Fsp3) is 0.571. The molecule has 0 aliphatic heterocycles. The lowest BCUT2D eigenvalue weighted by atomic mass is 9.89. The smallest absolute Gasteiger partial charge is 0.0896 e. The van der Waals surface area contributed by atoms with Gasteiger partial charge in [0.15, 0.2) is 0 Å². The molecule has 1 unspecified atom stereocenters. The number of hydrogen-bond acceptors (Lipinski definition) is 1. The first-order valence-electron chi connectivity index (χ1n) is 5.84. The van der Waals surface area contributed by atoms with E-state index < -0.39 is 5.60 Å². The molecule has 1 aliphatic carbocycles. The molecule has 0 aromatic heterocycles. The van der Waals surface area contributed by atoms with Crippen molar-refractivity contribution in [2.24, 2.45) is 5.92 Å². The van der Waals surface area contributed by atoms with Gasteiger partial charge in [0, 0.05) is 0 Å². The van der Waals surface area contributed by atoms with Crippen molar-refractivity contribution in [2.45, 2.75) is 45.1 Å². The Labute approximate surface area is 92.1 Å². The Hall–Kier alpha value is -0.820. The number of hydrogen-bond donors (Lipinski definition) is 1. The monoisotopic (exact) mass is 204 g/mol. The van der Waals surface area contributed by atoms with E-state index in [1.54, 1.807) is 0 Å². The first-order chi connectivity index (χ1) is 7.01. The molecule has 1 aromatic carbocycles. The minimum absolute atomic E-state index is 0.474. The van der Waals surface area contributed by atoms with Crippen molar-refractivity contribution in [3.05, 3.63) is 35.4 Å². The molecule has 0 amide bonds. The second-order valence-corrected chi connectivity index (χ2v) is 5.20. The van der Waals surface area contributed by atoms with E-state index in [2.05, 4.69) is 38.1 Å². The van der Waals surface area contributed by atoms with Crippen molar-refractivity contribution >= 4 is 0 Å². The summed E-state index contributed by atoms with van der Waals surface area (Å²) in [5.74, 6) is 1.03. The molecule has 1 aliphatic rings. The van der Waals surface area contributed by atoms with E-state index in [1.807, 2.05) is 6.92 Å². The highest BCUT2D eigenvalue weighted by Crippen LogP contribution is 2.45. The average molecular weight is 204 g/mol. The predicted octanol–water partition coefficient (Wildman–Crippen LogP) is 3.43. The third kappa shape index (κ3) is 2.07. The predicted molar refractivity (Wildman–Crippen MR) is 62.8 cm³/mol. The van der Waals surface area contributed by atoms with E-state index in [-0.39, 0.29) is 0 Å². The maximum Gasteiger partial charge on any atom is 0.0896 e. The SMILES string of the molecule is CC(C)c1ccc(C(C)(O)C2CC2)cc1. The molecule has 1 N–H and O–H groups in total. The first kappa shape index (κ1) is 10.7.